The molecule has 28 heavy (non-hydrogen) atoms. The molecule has 1 aromatic carbocycles. The second-order valence-corrected chi connectivity index (χ2v) is 9.21. The fourth-order valence-corrected chi connectivity index (χ4v) is 3.90. The Morgan fingerprint density at radius 3 is 2.86 bits per heavy atom. The number of hydrogen-bond donors (Lipinski definition) is 2. The molecule has 1 saturated heterocycles. The number of likely N-dealkylation sites (tertiary alicyclic amines) is 1. The second-order valence-electron chi connectivity index (χ2n) is 6.97. The highest BCUT2D eigenvalue weighted by atomic mass is 35.5. The third-order valence-corrected chi connectivity index (χ3v) is 5.75. The molecule has 0 radical (unpaired) electrons. The Hall–Kier alpha value is -1.55. The number of nitrogen functional groups attached to an aromatic ring is 1. The SMILES string of the molecule is COc1cc(N)c(Cl)cc1C(=O)OCCC1CCCN(CCNS(C)(=O)=O)C1. The molecule has 8 nitrogen and oxygen atoms in total. The molecular formula is C18H28ClN3O5S. The van der Waals surface area contributed by atoms with Gasteiger partial charge in [0.15, 0.2) is 0 Å². The van der Waals surface area contributed by atoms with Crippen LogP contribution in [-0.4, -0.2) is 65.4 Å². The largest absolute Gasteiger partial charge is 0.496 e. The molecule has 10 heteroatoms. The van der Waals surface area contributed by atoms with E-state index >= 15 is 0 Å². The highest BCUT2D eigenvalue weighted by molar-refractivity contribution is 7.88. The number of piperidine rings is 1. The smallest absolute Gasteiger partial charge is 0.341 e. The van der Waals surface area contributed by atoms with Gasteiger partial charge in [0.05, 0.1) is 30.7 Å². The van der Waals surface area contributed by atoms with Crippen molar-refractivity contribution in [3.8, 4) is 5.75 Å². The van der Waals surface area contributed by atoms with Crippen molar-refractivity contribution in [3.63, 3.8) is 0 Å². The van der Waals surface area contributed by atoms with Crippen LogP contribution in [0, 0.1) is 5.92 Å². The van der Waals surface area contributed by atoms with Crippen LogP contribution in [0.15, 0.2) is 12.1 Å². The number of carbonyl (C=O) groups excluding carboxylic acids is 1. The minimum absolute atomic E-state index is 0.249. The van der Waals surface area contributed by atoms with Gasteiger partial charge >= 0.3 is 5.97 Å². The molecule has 1 aliphatic heterocycles. The summed E-state index contributed by atoms with van der Waals surface area (Å²) >= 11 is 5.99. The number of methoxy groups -OCH3 is 1. The van der Waals surface area contributed by atoms with Gasteiger partial charge in [0, 0.05) is 25.7 Å². The van der Waals surface area contributed by atoms with Gasteiger partial charge in [-0.2, -0.15) is 0 Å². The highest BCUT2D eigenvalue weighted by Crippen LogP contribution is 2.29. The summed E-state index contributed by atoms with van der Waals surface area (Å²) in [5, 5.41) is 0.276. The van der Waals surface area contributed by atoms with E-state index in [0.717, 1.165) is 38.6 Å². The lowest BCUT2D eigenvalue weighted by Crippen LogP contribution is -2.40. The van der Waals surface area contributed by atoms with Crippen LogP contribution in [0.25, 0.3) is 0 Å². The Bertz CT molecular complexity index is 788. The lowest BCUT2D eigenvalue weighted by atomic mass is 9.95. The van der Waals surface area contributed by atoms with Gasteiger partial charge in [0.25, 0.3) is 0 Å². The molecule has 1 atom stereocenters. The summed E-state index contributed by atoms with van der Waals surface area (Å²) in [6, 6.07) is 2.96. The van der Waals surface area contributed by atoms with Crippen LogP contribution in [0.2, 0.25) is 5.02 Å². The number of ether oxygens (including phenoxy) is 2. The Kier molecular flexibility index (Phi) is 8.36. The van der Waals surface area contributed by atoms with Crippen molar-refractivity contribution in [2.24, 2.45) is 5.92 Å². The van der Waals surface area contributed by atoms with E-state index in [2.05, 4.69) is 9.62 Å². The molecule has 1 heterocycles. The van der Waals surface area contributed by atoms with Crippen molar-refractivity contribution in [2.75, 3.05) is 51.9 Å². The fraction of sp³-hybridized carbons (Fsp3) is 0.611. The van der Waals surface area contributed by atoms with Crippen molar-refractivity contribution in [2.45, 2.75) is 19.3 Å². The molecule has 1 aromatic rings. The van der Waals surface area contributed by atoms with Gasteiger partial charge in [-0.25, -0.2) is 17.9 Å². The van der Waals surface area contributed by atoms with E-state index in [1.54, 1.807) is 0 Å². The first kappa shape index (κ1) is 22.7. The van der Waals surface area contributed by atoms with Crippen LogP contribution >= 0.6 is 11.6 Å². The van der Waals surface area contributed by atoms with Gasteiger partial charge in [0.2, 0.25) is 10.0 Å². The van der Waals surface area contributed by atoms with Gasteiger partial charge in [-0.05, 0) is 37.8 Å². The second kappa shape index (κ2) is 10.3. The van der Waals surface area contributed by atoms with Crippen LogP contribution in [0.3, 0.4) is 0 Å². The van der Waals surface area contributed by atoms with Gasteiger partial charge in [-0.1, -0.05) is 11.6 Å². The summed E-state index contributed by atoms with van der Waals surface area (Å²) in [6.45, 7) is 3.18. The van der Waals surface area contributed by atoms with E-state index in [4.69, 9.17) is 26.8 Å². The maximum absolute atomic E-state index is 12.4. The van der Waals surface area contributed by atoms with Crippen molar-refractivity contribution >= 4 is 33.3 Å². The monoisotopic (exact) mass is 433 g/mol. The number of nitrogens with two attached hydrogens (primary N) is 1. The number of hydrogen-bond acceptors (Lipinski definition) is 7. The number of anilines is 1. The quantitative estimate of drug-likeness (QED) is 0.450. The van der Waals surface area contributed by atoms with E-state index in [0.29, 0.717) is 37.1 Å². The molecule has 0 bridgehead atoms. The zero-order valence-electron chi connectivity index (χ0n) is 16.2. The first-order valence-corrected chi connectivity index (χ1v) is 11.4. The van der Waals surface area contributed by atoms with E-state index in [1.807, 2.05) is 0 Å². The predicted octanol–water partition coefficient (Wildman–Crippen LogP) is 1.74. The van der Waals surface area contributed by atoms with E-state index in [1.165, 1.54) is 19.2 Å². The third-order valence-electron chi connectivity index (χ3n) is 4.69. The van der Waals surface area contributed by atoms with Crippen molar-refractivity contribution in [1.29, 1.82) is 0 Å². The normalized spacial score (nSPS) is 18.0. The lowest BCUT2D eigenvalue weighted by Gasteiger charge is -2.32. The Morgan fingerprint density at radius 1 is 1.43 bits per heavy atom. The van der Waals surface area contributed by atoms with Crippen molar-refractivity contribution < 1.29 is 22.7 Å². The van der Waals surface area contributed by atoms with Crippen LogP contribution < -0.4 is 15.2 Å². The molecule has 158 valence electrons. The van der Waals surface area contributed by atoms with Crippen LogP contribution in [0.4, 0.5) is 5.69 Å². The number of carbonyl (C=O) groups is 1. The van der Waals surface area contributed by atoms with Crippen molar-refractivity contribution in [1.82, 2.24) is 9.62 Å². The van der Waals surface area contributed by atoms with Crippen molar-refractivity contribution in [3.05, 3.63) is 22.7 Å². The number of esters is 1. The molecule has 0 saturated carbocycles. The molecule has 1 unspecified atom stereocenters. The summed E-state index contributed by atoms with van der Waals surface area (Å²) in [5.41, 5.74) is 6.31. The average Bonchev–Trinajstić information content (AvgIpc) is 2.62. The summed E-state index contributed by atoms with van der Waals surface area (Å²) in [4.78, 5) is 14.6. The molecule has 0 aromatic heterocycles. The molecule has 2 rings (SSSR count). The van der Waals surface area contributed by atoms with Gasteiger partial charge in [0.1, 0.15) is 11.3 Å². The van der Waals surface area contributed by atoms with E-state index in [9.17, 15) is 13.2 Å². The third kappa shape index (κ3) is 7.12. The minimum atomic E-state index is -3.16. The Morgan fingerprint density at radius 2 is 2.18 bits per heavy atom. The van der Waals surface area contributed by atoms with E-state index in [-0.39, 0.29) is 10.6 Å². The summed E-state index contributed by atoms with van der Waals surface area (Å²) in [7, 11) is -1.71. The molecule has 1 aliphatic rings. The van der Waals surface area contributed by atoms with Crippen LogP contribution in [0.1, 0.15) is 29.6 Å². The summed E-state index contributed by atoms with van der Waals surface area (Å²) in [6.07, 6.45) is 4.00. The number of nitrogens with one attached hydrogen (secondary N) is 1. The number of halogens is 1. The van der Waals surface area contributed by atoms with Crippen LogP contribution in [0.5, 0.6) is 5.75 Å². The molecule has 0 spiro atoms. The molecule has 1 fully saturated rings. The molecule has 0 aliphatic carbocycles. The minimum Gasteiger partial charge on any atom is -0.496 e. The van der Waals surface area contributed by atoms with Crippen LogP contribution in [-0.2, 0) is 14.8 Å². The zero-order chi connectivity index (χ0) is 20.7. The van der Waals surface area contributed by atoms with Gasteiger partial charge in [-0.3, -0.25) is 0 Å². The van der Waals surface area contributed by atoms with E-state index < -0.39 is 16.0 Å². The standard InChI is InChI=1S/C18H28ClN3O5S/c1-26-17-11-16(20)15(19)10-14(17)18(23)27-9-5-13-4-3-7-22(12-13)8-6-21-28(2,24)25/h10-11,13,21H,3-9,12,20H2,1-2H3. The number of rotatable bonds is 9. The summed E-state index contributed by atoms with van der Waals surface area (Å²) < 4.78 is 35.4. The maximum Gasteiger partial charge on any atom is 0.341 e. The zero-order valence-corrected chi connectivity index (χ0v) is 17.8. The first-order valence-electron chi connectivity index (χ1n) is 9.16. The summed E-state index contributed by atoms with van der Waals surface area (Å²) in [5.74, 6) is 0.231. The fourth-order valence-electron chi connectivity index (χ4n) is 3.27. The lowest BCUT2D eigenvalue weighted by molar-refractivity contribution is 0.0455. The predicted molar refractivity (Wildman–Crippen MR) is 109 cm³/mol. The molecular weight excluding hydrogens is 406 g/mol. The number of nitrogens with zero attached hydrogens (tertiary/aromatic N) is 1. The topological polar surface area (TPSA) is 111 Å². The Labute approximate surface area is 171 Å². The molecule has 3 N–H and O–H groups in total. The first-order chi connectivity index (χ1) is 13.2. The number of benzene rings is 1. The number of sulfonamides is 1. The average molecular weight is 434 g/mol. The molecule has 0 amide bonds. The van der Waals surface area contributed by atoms with Gasteiger partial charge < -0.3 is 20.1 Å². The maximum atomic E-state index is 12.4. The highest BCUT2D eigenvalue weighted by Gasteiger charge is 2.21. The van der Waals surface area contributed by atoms with Gasteiger partial charge in [-0.15, -0.1) is 0 Å². The Balaban J connectivity index is 1.79.